The molecule has 0 fully saturated rings. The molecule has 1 N–H and O–H groups in total. The topological polar surface area (TPSA) is 59.8 Å². The van der Waals surface area contributed by atoms with Crippen LogP contribution in [0.4, 0.5) is 0 Å². The summed E-state index contributed by atoms with van der Waals surface area (Å²) in [5.41, 5.74) is 6.20. The summed E-state index contributed by atoms with van der Waals surface area (Å²) in [6, 6.07) is 20.1. The summed E-state index contributed by atoms with van der Waals surface area (Å²) < 4.78 is 1.97. The molecule has 4 aromatic rings. The first-order chi connectivity index (χ1) is 13.7. The Labute approximate surface area is 164 Å². The molecule has 0 saturated carbocycles. The smallest absolute Gasteiger partial charge is 0.220 e. The Morgan fingerprint density at radius 1 is 1.00 bits per heavy atom. The number of benzene rings is 2. The number of carbonyl (C=O) groups is 1. The van der Waals surface area contributed by atoms with Crippen molar-refractivity contribution in [3.63, 3.8) is 0 Å². The minimum atomic E-state index is 0.0668. The van der Waals surface area contributed by atoms with E-state index < -0.39 is 0 Å². The molecule has 2 aromatic carbocycles. The van der Waals surface area contributed by atoms with Crippen molar-refractivity contribution in [1.29, 1.82) is 0 Å². The molecular formula is C23H22N4O. The van der Waals surface area contributed by atoms with Crippen molar-refractivity contribution >= 4 is 17.1 Å². The molecule has 0 aliphatic carbocycles. The van der Waals surface area contributed by atoms with E-state index >= 15 is 0 Å². The van der Waals surface area contributed by atoms with Crippen LogP contribution in [-0.2, 0) is 17.8 Å². The Hall–Kier alpha value is -3.47. The van der Waals surface area contributed by atoms with E-state index in [1.165, 1.54) is 5.56 Å². The van der Waals surface area contributed by atoms with Gasteiger partial charge in [0.15, 0.2) is 5.65 Å². The van der Waals surface area contributed by atoms with Crippen LogP contribution in [-0.4, -0.2) is 20.4 Å². The van der Waals surface area contributed by atoms with Crippen molar-refractivity contribution in [3.05, 3.63) is 89.9 Å². The SMILES string of the molecule is Cc1ccccc1CNC(=O)CCc1ccc(-n2cnc3cccnc32)cc1. The monoisotopic (exact) mass is 370 g/mol. The van der Waals surface area contributed by atoms with Gasteiger partial charge in [-0.2, -0.15) is 0 Å². The quantitative estimate of drug-likeness (QED) is 0.558. The molecule has 5 nitrogen and oxygen atoms in total. The van der Waals surface area contributed by atoms with Crippen LogP contribution in [0.25, 0.3) is 16.9 Å². The van der Waals surface area contributed by atoms with Crippen molar-refractivity contribution in [2.45, 2.75) is 26.3 Å². The van der Waals surface area contributed by atoms with Crippen LogP contribution >= 0.6 is 0 Å². The Morgan fingerprint density at radius 2 is 1.82 bits per heavy atom. The number of imidazole rings is 1. The number of aromatic nitrogens is 3. The lowest BCUT2D eigenvalue weighted by molar-refractivity contribution is -0.121. The third-order valence-electron chi connectivity index (χ3n) is 4.90. The number of nitrogens with one attached hydrogen (secondary N) is 1. The standard InChI is InChI=1S/C23H22N4O/c1-17-5-2-3-6-19(17)15-25-22(28)13-10-18-8-11-20(12-9-18)27-16-26-21-7-4-14-24-23(21)27/h2-9,11-12,14,16H,10,13,15H2,1H3,(H,25,28). The number of hydrogen-bond donors (Lipinski definition) is 1. The molecular weight excluding hydrogens is 348 g/mol. The minimum absolute atomic E-state index is 0.0668. The molecule has 0 unspecified atom stereocenters. The number of fused-ring (bicyclic) bond motifs is 1. The average molecular weight is 370 g/mol. The van der Waals surface area contributed by atoms with Crippen LogP contribution in [0.3, 0.4) is 0 Å². The summed E-state index contributed by atoms with van der Waals surface area (Å²) in [5.74, 6) is 0.0668. The number of rotatable bonds is 6. The highest BCUT2D eigenvalue weighted by atomic mass is 16.1. The molecule has 0 aliphatic heterocycles. The number of hydrogen-bond acceptors (Lipinski definition) is 3. The minimum Gasteiger partial charge on any atom is -0.352 e. The predicted molar refractivity (Wildman–Crippen MR) is 110 cm³/mol. The van der Waals surface area contributed by atoms with E-state index in [9.17, 15) is 4.79 Å². The first kappa shape index (κ1) is 17.9. The first-order valence-electron chi connectivity index (χ1n) is 9.39. The summed E-state index contributed by atoms with van der Waals surface area (Å²) in [6.07, 6.45) is 4.74. The molecule has 1 amide bonds. The normalized spacial score (nSPS) is 10.9. The lowest BCUT2D eigenvalue weighted by Crippen LogP contribution is -2.23. The lowest BCUT2D eigenvalue weighted by atomic mass is 10.1. The molecule has 2 heterocycles. The molecule has 0 atom stereocenters. The number of aryl methyl sites for hydroxylation is 2. The zero-order valence-corrected chi connectivity index (χ0v) is 15.8. The number of nitrogens with zero attached hydrogens (tertiary/aromatic N) is 3. The second kappa shape index (κ2) is 8.05. The molecule has 0 spiro atoms. The maximum Gasteiger partial charge on any atom is 0.220 e. The molecule has 5 heteroatoms. The van der Waals surface area contributed by atoms with Gasteiger partial charge in [-0.25, -0.2) is 9.97 Å². The molecule has 4 rings (SSSR count). The number of pyridine rings is 1. The zero-order valence-electron chi connectivity index (χ0n) is 15.8. The van der Waals surface area contributed by atoms with Gasteiger partial charge in [0.25, 0.3) is 0 Å². The van der Waals surface area contributed by atoms with Gasteiger partial charge in [-0.3, -0.25) is 9.36 Å². The van der Waals surface area contributed by atoms with Gasteiger partial charge in [-0.1, -0.05) is 36.4 Å². The molecule has 0 saturated heterocycles. The molecule has 28 heavy (non-hydrogen) atoms. The fraction of sp³-hybridized carbons (Fsp3) is 0.174. The van der Waals surface area contributed by atoms with Gasteiger partial charge in [0.2, 0.25) is 5.91 Å². The van der Waals surface area contributed by atoms with Crippen molar-refractivity contribution in [2.24, 2.45) is 0 Å². The third-order valence-corrected chi connectivity index (χ3v) is 4.90. The third kappa shape index (κ3) is 3.93. The van der Waals surface area contributed by atoms with E-state index in [0.29, 0.717) is 19.4 Å². The van der Waals surface area contributed by atoms with Crippen LogP contribution in [0.1, 0.15) is 23.1 Å². The van der Waals surface area contributed by atoms with Gasteiger partial charge in [-0.15, -0.1) is 0 Å². The average Bonchev–Trinajstić information content (AvgIpc) is 3.16. The summed E-state index contributed by atoms with van der Waals surface area (Å²) in [5, 5.41) is 3.00. The van der Waals surface area contributed by atoms with Crippen LogP contribution in [0, 0.1) is 6.92 Å². The molecule has 0 aliphatic rings. The fourth-order valence-corrected chi connectivity index (χ4v) is 3.21. The van der Waals surface area contributed by atoms with Crippen LogP contribution in [0.5, 0.6) is 0 Å². The van der Waals surface area contributed by atoms with Gasteiger partial charge in [0, 0.05) is 24.8 Å². The fourth-order valence-electron chi connectivity index (χ4n) is 3.21. The maximum atomic E-state index is 12.2. The van der Waals surface area contributed by atoms with Crippen LogP contribution in [0.15, 0.2) is 73.2 Å². The largest absolute Gasteiger partial charge is 0.352 e. The van der Waals surface area contributed by atoms with Gasteiger partial charge < -0.3 is 5.32 Å². The van der Waals surface area contributed by atoms with E-state index in [0.717, 1.165) is 28.0 Å². The highest BCUT2D eigenvalue weighted by molar-refractivity contribution is 5.76. The second-order valence-electron chi connectivity index (χ2n) is 6.83. The predicted octanol–water partition coefficient (Wildman–Crippen LogP) is 3.98. The van der Waals surface area contributed by atoms with Crippen LogP contribution < -0.4 is 5.32 Å². The number of amides is 1. The first-order valence-corrected chi connectivity index (χ1v) is 9.39. The summed E-state index contributed by atoms with van der Waals surface area (Å²) in [4.78, 5) is 20.9. The number of carbonyl (C=O) groups excluding carboxylic acids is 1. The van der Waals surface area contributed by atoms with Gasteiger partial charge in [-0.05, 0) is 54.3 Å². The highest BCUT2D eigenvalue weighted by Gasteiger charge is 2.07. The Bertz CT molecular complexity index is 1100. The van der Waals surface area contributed by atoms with Crippen molar-refractivity contribution in [3.8, 4) is 5.69 Å². The van der Waals surface area contributed by atoms with E-state index in [4.69, 9.17) is 0 Å². The van der Waals surface area contributed by atoms with Gasteiger partial charge in [0.1, 0.15) is 11.8 Å². The Balaban J connectivity index is 1.34. The summed E-state index contributed by atoms with van der Waals surface area (Å²) in [6.45, 7) is 2.63. The molecule has 2 aromatic heterocycles. The lowest BCUT2D eigenvalue weighted by Gasteiger charge is -2.08. The van der Waals surface area contributed by atoms with Crippen molar-refractivity contribution in [1.82, 2.24) is 19.9 Å². The maximum absolute atomic E-state index is 12.2. The highest BCUT2D eigenvalue weighted by Crippen LogP contribution is 2.17. The molecule has 0 radical (unpaired) electrons. The summed E-state index contributed by atoms with van der Waals surface area (Å²) >= 11 is 0. The van der Waals surface area contributed by atoms with E-state index in [2.05, 4.69) is 40.4 Å². The van der Waals surface area contributed by atoms with E-state index in [1.807, 2.05) is 47.0 Å². The Kier molecular flexibility index (Phi) is 5.15. The second-order valence-corrected chi connectivity index (χ2v) is 6.83. The molecule has 140 valence electrons. The van der Waals surface area contributed by atoms with E-state index in [1.54, 1.807) is 12.5 Å². The summed E-state index contributed by atoms with van der Waals surface area (Å²) in [7, 11) is 0. The van der Waals surface area contributed by atoms with E-state index in [-0.39, 0.29) is 5.91 Å². The van der Waals surface area contributed by atoms with Crippen LogP contribution in [0.2, 0.25) is 0 Å². The zero-order chi connectivity index (χ0) is 19.3. The molecule has 0 bridgehead atoms. The van der Waals surface area contributed by atoms with Gasteiger partial charge >= 0.3 is 0 Å². The van der Waals surface area contributed by atoms with Gasteiger partial charge in [0.05, 0.1) is 0 Å². The van der Waals surface area contributed by atoms with Crippen molar-refractivity contribution in [2.75, 3.05) is 0 Å². The van der Waals surface area contributed by atoms with Crippen molar-refractivity contribution < 1.29 is 4.79 Å². The Morgan fingerprint density at radius 3 is 2.64 bits per heavy atom.